The normalized spacial score (nSPS) is 13.1. The van der Waals surface area contributed by atoms with Crippen molar-refractivity contribution in [3.8, 4) is 56.4 Å². The van der Waals surface area contributed by atoms with Crippen LogP contribution in [0.2, 0.25) is 13.1 Å². The van der Waals surface area contributed by atoms with Crippen molar-refractivity contribution < 1.29 is 0 Å². The molecule has 0 amide bonds. The third-order valence-electron chi connectivity index (χ3n) is 8.76. The third-order valence-corrected chi connectivity index (χ3v) is 12.3. The van der Waals surface area contributed by atoms with E-state index in [0.717, 1.165) is 16.7 Å². The molecule has 2 heterocycles. The maximum atomic E-state index is 5.14. The third kappa shape index (κ3) is 4.22. The van der Waals surface area contributed by atoms with Gasteiger partial charge in [0.15, 0.2) is 17.5 Å². The Kier molecular flexibility index (Phi) is 5.91. The SMILES string of the molecule is C[Si]1(C)c2ccccc2-c2c(-c3nc(-c4ccccc4)nc(-c4ccc(-c5cccc6ccccc56)cc4)n3)cccc21. The van der Waals surface area contributed by atoms with Crippen molar-refractivity contribution in [3.05, 3.63) is 140 Å². The summed E-state index contributed by atoms with van der Waals surface area (Å²) < 4.78 is 0. The van der Waals surface area contributed by atoms with E-state index >= 15 is 0 Å². The van der Waals surface area contributed by atoms with E-state index in [2.05, 4.69) is 134 Å². The Morgan fingerprint density at radius 1 is 0.395 bits per heavy atom. The standard InChI is InChI=1S/C39H29N3Si/c1-43(2)34-20-9-8-17-32(34)36-33(19-11-21-35(36)43)39-41-37(28-13-4-3-5-14-28)40-38(42-39)29-24-22-27(23-25-29)31-18-10-15-26-12-6-7-16-30(26)31/h3-25H,1-2H3. The molecule has 0 N–H and O–H groups in total. The molecule has 1 aliphatic rings. The average molecular weight is 568 g/mol. The molecular weight excluding hydrogens is 539 g/mol. The van der Waals surface area contributed by atoms with Crippen molar-refractivity contribution in [1.29, 1.82) is 0 Å². The van der Waals surface area contributed by atoms with Gasteiger partial charge in [0.05, 0.1) is 0 Å². The van der Waals surface area contributed by atoms with Gasteiger partial charge >= 0.3 is 0 Å². The van der Waals surface area contributed by atoms with Gasteiger partial charge in [-0.1, -0.05) is 153 Å². The minimum absolute atomic E-state index is 0.675. The Balaban J connectivity index is 1.29. The van der Waals surface area contributed by atoms with Crippen LogP contribution < -0.4 is 10.4 Å². The summed E-state index contributed by atoms with van der Waals surface area (Å²) in [6.45, 7) is 4.88. The second-order valence-corrected chi connectivity index (χ2v) is 16.0. The first kappa shape index (κ1) is 25.5. The number of nitrogens with zero attached hydrogens (tertiary/aromatic N) is 3. The molecule has 3 nitrogen and oxygen atoms in total. The Bertz CT molecular complexity index is 2150. The van der Waals surface area contributed by atoms with Gasteiger partial charge in [0.1, 0.15) is 8.07 Å². The van der Waals surface area contributed by atoms with Crippen LogP contribution in [0.25, 0.3) is 67.2 Å². The topological polar surface area (TPSA) is 38.7 Å². The van der Waals surface area contributed by atoms with Crippen molar-refractivity contribution in [2.45, 2.75) is 13.1 Å². The first-order valence-electron chi connectivity index (χ1n) is 14.7. The van der Waals surface area contributed by atoms with Crippen LogP contribution in [0.15, 0.2) is 140 Å². The largest absolute Gasteiger partial charge is 0.208 e. The van der Waals surface area contributed by atoms with Crippen molar-refractivity contribution in [2.24, 2.45) is 0 Å². The second kappa shape index (κ2) is 9.97. The highest BCUT2D eigenvalue weighted by Crippen LogP contribution is 2.37. The number of hydrogen-bond acceptors (Lipinski definition) is 3. The molecule has 0 unspecified atom stereocenters. The van der Waals surface area contributed by atoms with Crippen molar-refractivity contribution in [1.82, 2.24) is 15.0 Å². The number of aromatic nitrogens is 3. The molecule has 0 saturated heterocycles. The van der Waals surface area contributed by atoms with Crippen LogP contribution in [0, 0.1) is 0 Å². The second-order valence-electron chi connectivity index (χ2n) is 11.7. The Labute approximate surface area is 252 Å². The highest BCUT2D eigenvalue weighted by atomic mass is 28.3. The minimum atomic E-state index is -1.83. The summed E-state index contributed by atoms with van der Waals surface area (Å²) >= 11 is 0. The zero-order valence-corrected chi connectivity index (χ0v) is 25.1. The van der Waals surface area contributed by atoms with Gasteiger partial charge in [0.25, 0.3) is 0 Å². The van der Waals surface area contributed by atoms with Gasteiger partial charge < -0.3 is 0 Å². The molecule has 1 aliphatic heterocycles. The lowest BCUT2D eigenvalue weighted by molar-refractivity contribution is 1.07. The van der Waals surface area contributed by atoms with Crippen molar-refractivity contribution in [2.75, 3.05) is 0 Å². The lowest BCUT2D eigenvalue weighted by Gasteiger charge is -2.18. The summed E-state index contributed by atoms with van der Waals surface area (Å²) in [5.41, 5.74) is 7.98. The molecule has 0 spiro atoms. The zero-order valence-electron chi connectivity index (χ0n) is 24.1. The number of benzene rings is 6. The number of rotatable bonds is 4. The van der Waals surface area contributed by atoms with E-state index in [0.29, 0.717) is 17.5 Å². The summed E-state index contributed by atoms with van der Waals surface area (Å²) in [6, 6.07) is 49.3. The molecular formula is C39H29N3Si. The highest BCUT2D eigenvalue weighted by Gasteiger charge is 2.38. The molecule has 43 heavy (non-hydrogen) atoms. The van der Waals surface area contributed by atoms with Crippen LogP contribution in [0.5, 0.6) is 0 Å². The van der Waals surface area contributed by atoms with Gasteiger partial charge in [-0.05, 0) is 43.4 Å². The van der Waals surface area contributed by atoms with E-state index in [-0.39, 0.29) is 0 Å². The van der Waals surface area contributed by atoms with Gasteiger partial charge in [0.2, 0.25) is 0 Å². The molecule has 0 radical (unpaired) electrons. The number of fused-ring (bicyclic) bond motifs is 4. The van der Waals surface area contributed by atoms with Crippen molar-refractivity contribution >= 4 is 29.2 Å². The van der Waals surface area contributed by atoms with E-state index in [1.54, 1.807) is 0 Å². The fourth-order valence-electron chi connectivity index (χ4n) is 6.56. The molecule has 8 rings (SSSR count). The summed E-state index contributed by atoms with van der Waals surface area (Å²) in [4.78, 5) is 15.2. The maximum absolute atomic E-state index is 5.14. The Morgan fingerprint density at radius 3 is 1.74 bits per heavy atom. The van der Waals surface area contributed by atoms with E-state index in [4.69, 9.17) is 15.0 Å². The predicted octanol–water partition coefficient (Wildman–Crippen LogP) is 8.50. The van der Waals surface area contributed by atoms with Gasteiger partial charge in [-0.2, -0.15) is 0 Å². The van der Waals surface area contributed by atoms with Crippen LogP contribution in [-0.4, -0.2) is 23.0 Å². The quantitative estimate of drug-likeness (QED) is 0.200. The summed E-state index contributed by atoms with van der Waals surface area (Å²) in [6.07, 6.45) is 0. The van der Waals surface area contributed by atoms with Gasteiger partial charge in [0, 0.05) is 16.7 Å². The van der Waals surface area contributed by atoms with Crippen LogP contribution >= 0.6 is 0 Å². The maximum Gasteiger partial charge on any atom is 0.164 e. The molecule has 0 fully saturated rings. The van der Waals surface area contributed by atoms with Crippen LogP contribution in [-0.2, 0) is 0 Å². The zero-order chi connectivity index (χ0) is 29.0. The van der Waals surface area contributed by atoms with Crippen LogP contribution in [0.4, 0.5) is 0 Å². The highest BCUT2D eigenvalue weighted by molar-refractivity contribution is 7.04. The first-order chi connectivity index (χ1) is 21.1. The number of hydrogen-bond donors (Lipinski definition) is 0. The minimum Gasteiger partial charge on any atom is -0.208 e. The van der Waals surface area contributed by atoms with E-state index in [1.807, 2.05) is 18.2 Å². The average Bonchev–Trinajstić information content (AvgIpc) is 3.31. The van der Waals surface area contributed by atoms with Gasteiger partial charge in [-0.3, -0.25) is 0 Å². The Hall–Kier alpha value is -5.19. The molecule has 4 heteroatoms. The molecule has 0 atom stereocenters. The van der Waals surface area contributed by atoms with Gasteiger partial charge in [-0.15, -0.1) is 0 Å². The van der Waals surface area contributed by atoms with Gasteiger partial charge in [-0.25, -0.2) is 15.0 Å². The summed E-state index contributed by atoms with van der Waals surface area (Å²) in [5.74, 6) is 2.06. The lowest BCUT2D eigenvalue weighted by atomic mass is 9.97. The van der Waals surface area contributed by atoms with Crippen LogP contribution in [0.3, 0.4) is 0 Å². The smallest absolute Gasteiger partial charge is 0.164 e. The van der Waals surface area contributed by atoms with E-state index < -0.39 is 8.07 Å². The van der Waals surface area contributed by atoms with E-state index in [9.17, 15) is 0 Å². The lowest BCUT2D eigenvalue weighted by Crippen LogP contribution is -2.49. The molecule has 0 saturated carbocycles. The predicted molar refractivity (Wildman–Crippen MR) is 181 cm³/mol. The van der Waals surface area contributed by atoms with Crippen LogP contribution in [0.1, 0.15) is 0 Å². The molecule has 0 aliphatic carbocycles. The fourth-order valence-corrected chi connectivity index (χ4v) is 9.65. The summed E-state index contributed by atoms with van der Waals surface area (Å²) in [7, 11) is -1.83. The Morgan fingerprint density at radius 2 is 0.930 bits per heavy atom. The first-order valence-corrected chi connectivity index (χ1v) is 17.7. The molecule has 204 valence electrons. The fraction of sp³-hybridized carbons (Fsp3) is 0.0513. The monoisotopic (exact) mass is 567 g/mol. The molecule has 1 aromatic heterocycles. The molecule has 7 aromatic rings. The molecule has 6 aromatic carbocycles. The molecule has 0 bridgehead atoms. The van der Waals surface area contributed by atoms with E-state index in [1.165, 1.54) is 43.4 Å². The summed E-state index contributed by atoms with van der Waals surface area (Å²) in [5, 5.41) is 5.39. The van der Waals surface area contributed by atoms with Crippen molar-refractivity contribution in [3.63, 3.8) is 0 Å².